The van der Waals surface area contributed by atoms with Crippen molar-refractivity contribution in [3.63, 3.8) is 0 Å². The Morgan fingerprint density at radius 1 is 1.57 bits per heavy atom. The first-order valence-electron chi connectivity index (χ1n) is 4.35. The Balaban J connectivity index is 2.05. The predicted octanol–water partition coefficient (Wildman–Crippen LogP) is 0.683. The molecule has 1 saturated heterocycles. The molecule has 0 spiro atoms. The second-order valence-electron chi connectivity index (χ2n) is 3.21. The third-order valence-electron chi connectivity index (χ3n) is 2.11. The molecular weight excluding hydrogens is 188 g/mol. The summed E-state index contributed by atoms with van der Waals surface area (Å²) in [5.41, 5.74) is 0. The molecule has 76 valence electrons. The Kier molecular flexibility index (Phi) is 2.20. The summed E-state index contributed by atoms with van der Waals surface area (Å²) in [6.45, 7) is 1.70. The molecule has 2 atom stereocenters. The third kappa shape index (κ3) is 1.60. The van der Waals surface area contributed by atoms with Crippen LogP contribution >= 0.6 is 0 Å². The summed E-state index contributed by atoms with van der Waals surface area (Å²) in [6.07, 6.45) is -0.00969. The van der Waals surface area contributed by atoms with Gasteiger partial charge in [0.25, 0.3) is 5.89 Å². The molecule has 1 aromatic rings. The molecule has 1 aliphatic heterocycles. The summed E-state index contributed by atoms with van der Waals surface area (Å²) in [4.78, 5) is 14.6. The van der Waals surface area contributed by atoms with Gasteiger partial charge in [-0.05, 0) is 19.8 Å². The second kappa shape index (κ2) is 3.38. The van der Waals surface area contributed by atoms with Gasteiger partial charge in [0.05, 0.1) is 0 Å². The standard InChI is InChI=1S/C8H10N2O4/c1-4-9-7(14-10-4)5-2-3-6(13-5)8(11)12/h5-6H,2-3H2,1H3,(H,11,12). The summed E-state index contributed by atoms with van der Waals surface area (Å²) in [5, 5.41) is 12.3. The SMILES string of the molecule is Cc1noc(C2CCC(C(=O)O)O2)n1. The lowest BCUT2D eigenvalue weighted by Gasteiger charge is -2.05. The molecule has 0 aliphatic carbocycles. The maximum Gasteiger partial charge on any atom is 0.332 e. The lowest BCUT2D eigenvalue weighted by atomic mass is 10.2. The zero-order valence-electron chi connectivity index (χ0n) is 7.64. The van der Waals surface area contributed by atoms with E-state index in [2.05, 4.69) is 10.1 Å². The summed E-state index contributed by atoms with van der Waals surface area (Å²) in [5.74, 6) is -0.0441. The van der Waals surface area contributed by atoms with Gasteiger partial charge in [-0.1, -0.05) is 5.16 Å². The van der Waals surface area contributed by atoms with Crippen molar-refractivity contribution in [2.24, 2.45) is 0 Å². The van der Waals surface area contributed by atoms with E-state index in [0.717, 1.165) is 0 Å². The van der Waals surface area contributed by atoms with Crippen LogP contribution in [-0.4, -0.2) is 27.3 Å². The minimum absolute atomic E-state index is 0.364. The fourth-order valence-electron chi connectivity index (χ4n) is 1.44. The van der Waals surface area contributed by atoms with Crippen LogP contribution < -0.4 is 0 Å². The quantitative estimate of drug-likeness (QED) is 0.752. The molecular formula is C8H10N2O4. The zero-order chi connectivity index (χ0) is 10.1. The van der Waals surface area contributed by atoms with Crippen molar-refractivity contribution in [2.45, 2.75) is 32.0 Å². The Hall–Kier alpha value is -1.43. The van der Waals surface area contributed by atoms with Gasteiger partial charge in [-0.25, -0.2) is 4.79 Å². The van der Waals surface area contributed by atoms with Crippen LogP contribution in [0.15, 0.2) is 4.52 Å². The van der Waals surface area contributed by atoms with Gasteiger partial charge >= 0.3 is 5.97 Å². The molecule has 1 aliphatic rings. The highest BCUT2D eigenvalue weighted by atomic mass is 16.5. The molecule has 14 heavy (non-hydrogen) atoms. The number of aryl methyl sites for hydroxylation is 1. The Morgan fingerprint density at radius 3 is 2.86 bits per heavy atom. The molecule has 1 N–H and O–H groups in total. The lowest BCUT2D eigenvalue weighted by molar-refractivity contribution is -0.150. The highest BCUT2D eigenvalue weighted by molar-refractivity contribution is 5.72. The van der Waals surface area contributed by atoms with E-state index in [1.54, 1.807) is 6.92 Å². The van der Waals surface area contributed by atoms with Crippen LogP contribution in [0.2, 0.25) is 0 Å². The highest BCUT2D eigenvalue weighted by Gasteiger charge is 2.34. The van der Waals surface area contributed by atoms with Crippen LogP contribution in [0.25, 0.3) is 0 Å². The lowest BCUT2D eigenvalue weighted by Crippen LogP contribution is -2.18. The summed E-state index contributed by atoms with van der Waals surface area (Å²) < 4.78 is 10.1. The number of carboxylic acid groups (broad SMARTS) is 1. The van der Waals surface area contributed by atoms with Gasteiger partial charge in [-0.3, -0.25) is 0 Å². The number of rotatable bonds is 2. The molecule has 0 saturated carbocycles. The van der Waals surface area contributed by atoms with Crippen molar-refractivity contribution in [1.82, 2.24) is 10.1 Å². The molecule has 2 heterocycles. The topological polar surface area (TPSA) is 85.5 Å². The fourth-order valence-corrected chi connectivity index (χ4v) is 1.44. The molecule has 6 nitrogen and oxygen atoms in total. The average molecular weight is 198 g/mol. The number of nitrogens with zero attached hydrogens (tertiary/aromatic N) is 2. The fraction of sp³-hybridized carbons (Fsp3) is 0.625. The molecule has 2 rings (SSSR count). The number of ether oxygens (including phenoxy) is 1. The number of carbonyl (C=O) groups is 1. The van der Waals surface area contributed by atoms with Crippen molar-refractivity contribution in [2.75, 3.05) is 0 Å². The largest absolute Gasteiger partial charge is 0.479 e. The number of aliphatic carboxylic acids is 1. The molecule has 1 aromatic heterocycles. The first kappa shape index (κ1) is 9.14. The van der Waals surface area contributed by atoms with E-state index in [0.29, 0.717) is 24.6 Å². The van der Waals surface area contributed by atoms with E-state index in [9.17, 15) is 4.79 Å². The Bertz CT molecular complexity index is 349. The van der Waals surface area contributed by atoms with E-state index in [1.807, 2.05) is 0 Å². The molecule has 1 fully saturated rings. The molecule has 0 bridgehead atoms. The average Bonchev–Trinajstić information content (AvgIpc) is 2.70. The zero-order valence-corrected chi connectivity index (χ0v) is 7.64. The second-order valence-corrected chi connectivity index (χ2v) is 3.21. The first-order valence-corrected chi connectivity index (χ1v) is 4.35. The van der Waals surface area contributed by atoms with Gasteiger partial charge in [-0.15, -0.1) is 0 Å². The number of hydrogen-bond acceptors (Lipinski definition) is 5. The molecule has 0 radical (unpaired) electrons. The monoisotopic (exact) mass is 198 g/mol. The molecule has 6 heteroatoms. The minimum Gasteiger partial charge on any atom is -0.479 e. The number of hydrogen-bond donors (Lipinski definition) is 1. The minimum atomic E-state index is -0.941. The van der Waals surface area contributed by atoms with E-state index in [1.165, 1.54) is 0 Å². The maximum absolute atomic E-state index is 10.6. The third-order valence-corrected chi connectivity index (χ3v) is 2.11. The van der Waals surface area contributed by atoms with Crippen molar-refractivity contribution in [3.05, 3.63) is 11.7 Å². The molecule has 0 aromatic carbocycles. The van der Waals surface area contributed by atoms with Crippen LogP contribution in [0, 0.1) is 6.92 Å². The van der Waals surface area contributed by atoms with Gasteiger partial charge in [-0.2, -0.15) is 4.98 Å². The molecule has 2 unspecified atom stereocenters. The van der Waals surface area contributed by atoms with Crippen LogP contribution in [0.3, 0.4) is 0 Å². The van der Waals surface area contributed by atoms with E-state index in [4.69, 9.17) is 14.4 Å². The van der Waals surface area contributed by atoms with E-state index >= 15 is 0 Å². The summed E-state index contributed by atoms with van der Waals surface area (Å²) >= 11 is 0. The maximum atomic E-state index is 10.6. The van der Waals surface area contributed by atoms with Crippen molar-refractivity contribution in [1.29, 1.82) is 0 Å². The van der Waals surface area contributed by atoms with Gasteiger partial charge < -0.3 is 14.4 Å². The summed E-state index contributed by atoms with van der Waals surface area (Å²) in [7, 11) is 0. The summed E-state index contributed by atoms with van der Waals surface area (Å²) in [6, 6.07) is 0. The van der Waals surface area contributed by atoms with Crippen LogP contribution in [0.1, 0.15) is 30.7 Å². The van der Waals surface area contributed by atoms with Gasteiger partial charge in [0, 0.05) is 0 Å². The van der Waals surface area contributed by atoms with Crippen LogP contribution in [0.5, 0.6) is 0 Å². The molecule has 0 amide bonds. The highest BCUT2D eigenvalue weighted by Crippen LogP contribution is 2.31. The Morgan fingerprint density at radius 2 is 2.36 bits per heavy atom. The first-order chi connectivity index (χ1) is 6.66. The van der Waals surface area contributed by atoms with E-state index < -0.39 is 12.1 Å². The van der Waals surface area contributed by atoms with Crippen molar-refractivity contribution in [3.8, 4) is 0 Å². The van der Waals surface area contributed by atoms with Gasteiger partial charge in [0.15, 0.2) is 11.9 Å². The normalized spacial score (nSPS) is 26.6. The van der Waals surface area contributed by atoms with Crippen molar-refractivity contribution >= 4 is 5.97 Å². The van der Waals surface area contributed by atoms with Gasteiger partial charge in [0.1, 0.15) is 6.10 Å². The Labute approximate surface area is 79.9 Å². The smallest absolute Gasteiger partial charge is 0.332 e. The van der Waals surface area contributed by atoms with Crippen LogP contribution in [0.4, 0.5) is 0 Å². The van der Waals surface area contributed by atoms with Gasteiger partial charge in [0.2, 0.25) is 0 Å². The van der Waals surface area contributed by atoms with Crippen LogP contribution in [-0.2, 0) is 9.53 Å². The van der Waals surface area contributed by atoms with Crippen molar-refractivity contribution < 1.29 is 19.2 Å². The number of carboxylic acids is 1. The predicted molar refractivity (Wildman–Crippen MR) is 43.5 cm³/mol. The van der Waals surface area contributed by atoms with E-state index in [-0.39, 0.29) is 6.10 Å². The number of aromatic nitrogens is 2.